The third-order valence-corrected chi connectivity index (χ3v) is 8.87. The zero-order chi connectivity index (χ0) is 28.3. The lowest BCUT2D eigenvalue weighted by molar-refractivity contribution is 0.622. The third-order valence-electron chi connectivity index (χ3n) is 8.87. The number of rotatable bonds is 2. The second kappa shape index (κ2) is 9.63. The molecule has 7 nitrogen and oxygen atoms in total. The van der Waals surface area contributed by atoms with Crippen LogP contribution in [0, 0.1) is 0 Å². The van der Waals surface area contributed by atoms with Crippen molar-refractivity contribution in [3.63, 3.8) is 0 Å². The van der Waals surface area contributed by atoms with Gasteiger partial charge in [0.2, 0.25) is 5.95 Å². The van der Waals surface area contributed by atoms with E-state index in [9.17, 15) is 0 Å². The average Bonchev–Trinajstić information content (AvgIpc) is 3.42. The molecule has 4 aromatic rings. The molecule has 2 aromatic heterocycles. The van der Waals surface area contributed by atoms with Crippen LogP contribution in [0.3, 0.4) is 0 Å². The summed E-state index contributed by atoms with van der Waals surface area (Å²) in [4.78, 5) is 9.93. The predicted molar refractivity (Wildman–Crippen MR) is 179 cm³/mol. The summed E-state index contributed by atoms with van der Waals surface area (Å²) in [6.45, 7) is 0.148. The van der Waals surface area contributed by atoms with E-state index in [2.05, 4.69) is 163 Å². The average molecular weight is 551 g/mol. The Morgan fingerprint density at radius 3 is 1.67 bits per heavy atom. The number of aromatic nitrogens is 3. The number of para-hydroxylation sites is 2. The van der Waals surface area contributed by atoms with Crippen LogP contribution in [0.25, 0.3) is 33.3 Å². The fourth-order valence-corrected chi connectivity index (χ4v) is 6.96. The van der Waals surface area contributed by atoms with E-state index in [-0.39, 0.29) is 27.9 Å². The van der Waals surface area contributed by atoms with Gasteiger partial charge >= 0.3 is 27.9 Å². The molecule has 200 valence electrons. The van der Waals surface area contributed by atoms with Crippen molar-refractivity contribution in [2.75, 3.05) is 0 Å². The highest BCUT2D eigenvalue weighted by Gasteiger charge is 2.49. The van der Waals surface area contributed by atoms with Crippen LogP contribution >= 0.6 is 0 Å². The van der Waals surface area contributed by atoms with Crippen LogP contribution in [-0.2, 0) is 0 Å². The molecule has 0 atom stereocenters. The molecular formula is C32H25B4N7. The minimum atomic E-state index is -0.0400. The summed E-state index contributed by atoms with van der Waals surface area (Å²) < 4.78 is 11.9. The van der Waals surface area contributed by atoms with E-state index in [1.807, 2.05) is 12.3 Å². The lowest BCUT2D eigenvalue weighted by atomic mass is 9.41. The smallest absolute Gasteiger partial charge is 0.381 e. The number of hydrogen-bond acceptors (Lipinski definition) is 6. The molecule has 11 heteroatoms. The molecule has 0 unspecified atom stereocenters. The molecule has 7 heterocycles. The molecule has 9 rings (SSSR count). The van der Waals surface area contributed by atoms with Gasteiger partial charge in [-0.25, -0.2) is 9.97 Å². The van der Waals surface area contributed by atoms with E-state index < -0.39 is 0 Å². The SMILES string of the molecule is C1=CB2N(C=C1)B1C=CC=CN1B1C=C(c3ccnc(-n4c5ccccc5c5ccccc54)n3)C=CN1B1C=CC=CN21. The highest BCUT2D eigenvalue weighted by molar-refractivity contribution is 6.92. The Morgan fingerprint density at radius 2 is 1.07 bits per heavy atom. The maximum Gasteiger partial charge on any atom is 0.381 e. The molecule has 0 bridgehead atoms. The van der Waals surface area contributed by atoms with Crippen LogP contribution in [0.15, 0.2) is 152 Å². The van der Waals surface area contributed by atoms with Crippen LogP contribution in [-0.4, -0.2) is 61.4 Å². The maximum atomic E-state index is 5.17. The molecule has 0 amide bonds. The summed E-state index contributed by atoms with van der Waals surface area (Å²) >= 11 is 0. The fourth-order valence-electron chi connectivity index (χ4n) is 6.96. The Bertz CT molecular complexity index is 1940. The van der Waals surface area contributed by atoms with Crippen molar-refractivity contribution in [3.05, 3.63) is 158 Å². The van der Waals surface area contributed by atoms with Gasteiger partial charge in [-0.2, -0.15) is 0 Å². The zero-order valence-corrected chi connectivity index (χ0v) is 23.4. The van der Waals surface area contributed by atoms with Crippen molar-refractivity contribution in [3.8, 4) is 5.95 Å². The summed E-state index contributed by atoms with van der Waals surface area (Å²) in [5.41, 5.74) is 4.17. The molecule has 0 spiro atoms. The van der Waals surface area contributed by atoms with Crippen molar-refractivity contribution in [1.82, 2.24) is 33.4 Å². The van der Waals surface area contributed by atoms with Gasteiger partial charge in [-0.1, -0.05) is 78.5 Å². The van der Waals surface area contributed by atoms with E-state index in [0.717, 1.165) is 22.3 Å². The molecule has 0 saturated carbocycles. The summed E-state index contributed by atoms with van der Waals surface area (Å²) in [7, 11) is 0. The van der Waals surface area contributed by atoms with Gasteiger partial charge in [-0.05, 0) is 72.9 Å². The molecule has 5 aliphatic heterocycles. The van der Waals surface area contributed by atoms with Crippen molar-refractivity contribution >= 4 is 55.3 Å². The van der Waals surface area contributed by atoms with Gasteiger partial charge in [0.25, 0.3) is 0 Å². The lowest BCUT2D eigenvalue weighted by Crippen LogP contribution is -2.73. The van der Waals surface area contributed by atoms with Gasteiger partial charge in [0, 0.05) is 17.0 Å². The highest BCUT2D eigenvalue weighted by atomic mass is 15.3. The molecule has 2 aromatic carbocycles. The monoisotopic (exact) mass is 551 g/mol. The Labute approximate surface area is 252 Å². The standard InChI is InChI=1S/C32H25B4N7/c1-3-13-30-27(11-1)28-12-2-4-14-31(28)43(30)32-37-20-15-29(38-32)26-16-24-42-35-19-6-9-22-40(35)33-17-5-8-21-39(33)34-18-7-10-23-41(34)36(42)25-26/h1-25H. The Balaban J connectivity index is 1.16. The summed E-state index contributed by atoms with van der Waals surface area (Å²) in [6, 6.07) is 19.0. The van der Waals surface area contributed by atoms with Crippen molar-refractivity contribution in [1.29, 1.82) is 0 Å². The summed E-state index contributed by atoms with van der Waals surface area (Å²) in [6.07, 6.45) is 25.7. The number of allylic oxidation sites excluding steroid dienone is 8. The molecule has 0 radical (unpaired) electrons. The summed E-state index contributed by atoms with van der Waals surface area (Å²) in [5, 5.41) is 2.40. The quantitative estimate of drug-likeness (QED) is 0.325. The first-order valence-electron chi connectivity index (χ1n) is 14.7. The minimum absolute atomic E-state index is 0.0400. The Morgan fingerprint density at radius 1 is 0.535 bits per heavy atom. The van der Waals surface area contributed by atoms with Crippen LogP contribution in [0.1, 0.15) is 5.69 Å². The molecule has 0 N–H and O–H groups in total. The molecule has 5 aliphatic rings. The van der Waals surface area contributed by atoms with Crippen LogP contribution in [0.5, 0.6) is 0 Å². The van der Waals surface area contributed by atoms with Gasteiger partial charge in [0.15, 0.2) is 0 Å². The van der Waals surface area contributed by atoms with Gasteiger partial charge in [0.1, 0.15) is 0 Å². The van der Waals surface area contributed by atoms with E-state index in [1.165, 1.54) is 10.8 Å². The van der Waals surface area contributed by atoms with E-state index >= 15 is 0 Å². The number of benzene rings is 2. The van der Waals surface area contributed by atoms with E-state index in [1.54, 1.807) is 0 Å². The van der Waals surface area contributed by atoms with Crippen molar-refractivity contribution in [2.45, 2.75) is 0 Å². The normalized spacial score (nSPS) is 18.3. The third kappa shape index (κ3) is 3.74. The first kappa shape index (κ1) is 24.3. The number of nitrogens with zero attached hydrogens (tertiary/aromatic N) is 7. The number of fused-ring (bicyclic) bond motifs is 11. The van der Waals surface area contributed by atoms with Crippen LogP contribution in [0.2, 0.25) is 0 Å². The summed E-state index contributed by atoms with van der Waals surface area (Å²) in [5.74, 6) is 9.82. The van der Waals surface area contributed by atoms with Crippen molar-refractivity contribution in [2.24, 2.45) is 0 Å². The highest BCUT2D eigenvalue weighted by Crippen LogP contribution is 2.33. The zero-order valence-electron chi connectivity index (χ0n) is 23.4. The molecule has 1 saturated heterocycles. The van der Waals surface area contributed by atoms with Crippen LogP contribution in [0.4, 0.5) is 0 Å². The van der Waals surface area contributed by atoms with Gasteiger partial charge in [0.05, 0.1) is 16.7 Å². The lowest BCUT2D eigenvalue weighted by Gasteiger charge is -2.53. The molecular weight excluding hydrogens is 526 g/mol. The second-order valence-electron chi connectivity index (χ2n) is 11.2. The van der Waals surface area contributed by atoms with Gasteiger partial charge in [-0.15, -0.1) is 0 Å². The van der Waals surface area contributed by atoms with E-state index in [4.69, 9.17) is 9.97 Å². The van der Waals surface area contributed by atoms with E-state index in [0.29, 0.717) is 5.95 Å². The minimum Gasteiger partial charge on any atom is -0.423 e. The Kier molecular flexibility index (Phi) is 5.44. The largest absolute Gasteiger partial charge is 0.423 e. The fraction of sp³-hybridized carbons (Fsp3) is 0. The van der Waals surface area contributed by atoms with Gasteiger partial charge < -0.3 is 18.9 Å². The number of hydrogen-bond donors (Lipinski definition) is 0. The maximum absolute atomic E-state index is 5.17. The van der Waals surface area contributed by atoms with Crippen LogP contribution < -0.4 is 0 Å². The second-order valence-corrected chi connectivity index (χ2v) is 11.2. The predicted octanol–water partition coefficient (Wildman–Crippen LogP) is 5.07. The first-order valence-corrected chi connectivity index (χ1v) is 14.7. The topological polar surface area (TPSA) is 43.7 Å². The molecule has 1 fully saturated rings. The van der Waals surface area contributed by atoms with Crippen molar-refractivity contribution < 1.29 is 0 Å². The Hall–Kier alpha value is -5.30. The molecule has 0 aliphatic carbocycles. The first-order chi connectivity index (χ1) is 21.3. The molecule has 43 heavy (non-hydrogen) atoms. The van der Waals surface area contributed by atoms with Gasteiger partial charge in [-0.3, -0.25) is 4.57 Å².